The van der Waals surface area contributed by atoms with Crippen LogP contribution in [0.3, 0.4) is 0 Å². The first-order valence-electron chi connectivity index (χ1n) is 8.01. The predicted molar refractivity (Wildman–Crippen MR) is 102 cm³/mol. The van der Waals surface area contributed by atoms with E-state index in [2.05, 4.69) is 15.6 Å². The fourth-order valence-electron chi connectivity index (χ4n) is 1.95. The summed E-state index contributed by atoms with van der Waals surface area (Å²) in [6.45, 7) is 6.07. The third kappa shape index (κ3) is 6.48. The molecule has 2 N–H and O–H groups in total. The topological polar surface area (TPSA) is 71.1 Å². The van der Waals surface area contributed by atoms with E-state index in [1.54, 1.807) is 5.38 Å². The lowest BCUT2D eigenvalue weighted by Gasteiger charge is -2.15. The normalized spacial score (nSPS) is 11.2. The number of hydrogen-bond donors (Lipinski definition) is 2. The standard InChI is InChI=1S/C18H22ClN3O2S/c1-18(2,3)16(24)22-17-21-14(11-25-17)10-15(23)20-9-8-12-4-6-13(19)7-5-12/h4-7,11H,8-10H2,1-3H3,(H,20,23)(H,21,22,24). The van der Waals surface area contributed by atoms with Gasteiger partial charge in [-0.1, -0.05) is 44.5 Å². The van der Waals surface area contributed by atoms with Crippen molar-refractivity contribution in [1.29, 1.82) is 0 Å². The number of carbonyl (C=O) groups is 2. The molecule has 0 aliphatic heterocycles. The van der Waals surface area contributed by atoms with Crippen molar-refractivity contribution in [2.45, 2.75) is 33.6 Å². The molecule has 2 amide bonds. The summed E-state index contributed by atoms with van der Waals surface area (Å²) in [6.07, 6.45) is 0.940. The van der Waals surface area contributed by atoms with Crippen molar-refractivity contribution in [3.05, 3.63) is 45.9 Å². The van der Waals surface area contributed by atoms with Gasteiger partial charge in [-0.3, -0.25) is 9.59 Å². The maximum Gasteiger partial charge on any atom is 0.231 e. The number of rotatable bonds is 6. The van der Waals surface area contributed by atoms with Gasteiger partial charge in [0.05, 0.1) is 12.1 Å². The van der Waals surface area contributed by atoms with Crippen molar-refractivity contribution >= 4 is 39.9 Å². The molecule has 0 saturated carbocycles. The van der Waals surface area contributed by atoms with Crippen molar-refractivity contribution in [2.24, 2.45) is 5.41 Å². The van der Waals surface area contributed by atoms with Crippen LogP contribution in [0.15, 0.2) is 29.6 Å². The molecule has 1 aromatic carbocycles. The van der Waals surface area contributed by atoms with Crippen LogP contribution in [-0.4, -0.2) is 23.3 Å². The summed E-state index contributed by atoms with van der Waals surface area (Å²) in [5, 5.41) is 8.65. The second-order valence-electron chi connectivity index (χ2n) is 6.75. The molecule has 1 aromatic heterocycles. The summed E-state index contributed by atoms with van der Waals surface area (Å²) in [7, 11) is 0. The maximum absolute atomic E-state index is 12.0. The molecule has 0 fully saturated rings. The Hall–Kier alpha value is -1.92. The van der Waals surface area contributed by atoms with Gasteiger partial charge in [0, 0.05) is 22.4 Å². The molecule has 0 unspecified atom stereocenters. The summed E-state index contributed by atoms with van der Waals surface area (Å²) in [5.41, 5.74) is 1.29. The molecule has 2 aromatic rings. The molecule has 0 bridgehead atoms. The van der Waals surface area contributed by atoms with E-state index in [9.17, 15) is 9.59 Å². The van der Waals surface area contributed by atoms with Crippen LogP contribution in [0, 0.1) is 5.41 Å². The quantitative estimate of drug-likeness (QED) is 0.804. The number of nitrogens with one attached hydrogen (secondary N) is 2. The van der Waals surface area contributed by atoms with Gasteiger partial charge < -0.3 is 10.6 Å². The highest BCUT2D eigenvalue weighted by Crippen LogP contribution is 2.20. The Labute approximate surface area is 156 Å². The molecule has 1 heterocycles. The summed E-state index contributed by atoms with van der Waals surface area (Å²) in [6, 6.07) is 7.56. The van der Waals surface area contributed by atoms with Gasteiger partial charge in [-0.25, -0.2) is 4.98 Å². The Bertz CT molecular complexity index is 736. The first kappa shape index (κ1) is 19.4. The fraction of sp³-hybridized carbons (Fsp3) is 0.389. The molecular weight excluding hydrogens is 358 g/mol. The molecule has 5 nitrogen and oxygen atoms in total. The van der Waals surface area contributed by atoms with Crippen LogP contribution in [0.4, 0.5) is 5.13 Å². The molecule has 134 valence electrons. The van der Waals surface area contributed by atoms with Crippen molar-refractivity contribution in [3.8, 4) is 0 Å². The Morgan fingerprint density at radius 1 is 1.20 bits per heavy atom. The smallest absolute Gasteiger partial charge is 0.231 e. The van der Waals surface area contributed by atoms with Gasteiger partial charge in [0.1, 0.15) is 0 Å². The van der Waals surface area contributed by atoms with Crippen molar-refractivity contribution < 1.29 is 9.59 Å². The number of nitrogens with zero attached hydrogens (tertiary/aromatic N) is 1. The first-order chi connectivity index (χ1) is 11.7. The Morgan fingerprint density at radius 3 is 2.52 bits per heavy atom. The molecule has 2 rings (SSSR count). The van der Waals surface area contributed by atoms with Crippen molar-refractivity contribution in [2.75, 3.05) is 11.9 Å². The van der Waals surface area contributed by atoms with Gasteiger partial charge in [-0.2, -0.15) is 0 Å². The number of amides is 2. The highest BCUT2D eigenvalue weighted by Gasteiger charge is 2.22. The number of thiazole rings is 1. The maximum atomic E-state index is 12.0. The minimum absolute atomic E-state index is 0.0899. The van der Waals surface area contributed by atoms with Gasteiger partial charge in [0.15, 0.2) is 5.13 Å². The van der Waals surface area contributed by atoms with Gasteiger partial charge in [-0.05, 0) is 24.1 Å². The Kier molecular flexibility index (Phi) is 6.56. The minimum atomic E-state index is -0.481. The Balaban J connectivity index is 1.77. The number of carbonyl (C=O) groups excluding carboxylic acids is 2. The Morgan fingerprint density at radius 2 is 1.88 bits per heavy atom. The molecule has 0 spiro atoms. The average molecular weight is 380 g/mol. The van der Waals surface area contributed by atoms with E-state index in [1.165, 1.54) is 11.3 Å². The molecule has 0 aliphatic rings. The van der Waals surface area contributed by atoms with Crippen LogP contribution in [0.25, 0.3) is 0 Å². The van der Waals surface area contributed by atoms with E-state index in [1.807, 2.05) is 45.0 Å². The zero-order valence-electron chi connectivity index (χ0n) is 14.6. The van der Waals surface area contributed by atoms with E-state index < -0.39 is 5.41 Å². The highest BCUT2D eigenvalue weighted by molar-refractivity contribution is 7.13. The lowest BCUT2D eigenvalue weighted by atomic mass is 9.96. The molecule has 0 aliphatic carbocycles. The monoisotopic (exact) mass is 379 g/mol. The van der Waals surface area contributed by atoms with Crippen molar-refractivity contribution in [1.82, 2.24) is 10.3 Å². The lowest BCUT2D eigenvalue weighted by molar-refractivity contribution is -0.123. The second-order valence-corrected chi connectivity index (χ2v) is 8.05. The van der Waals surface area contributed by atoms with E-state index >= 15 is 0 Å². The first-order valence-corrected chi connectivity index (χ1v) is 9.27. The molecule has 7 heteroatoms. The van der Waals surface area contributed by atoms with Gasteiger partial charge in [-0.15, -0.1) is 11.3 Å². The third-order valence-electron chi connectivity index (χ3n) is 3.44. The summed E-state index contributed by atoms with van der Waals surface area (Å²) < 4.78 is 0. The minimum Gasteiger partial charge on any atom is -0.355 e. The van der Waals surface area contributed by atoms with E-state index in [-0.39, 0.29) is 18.2 Å². The van der Waals surface area contributed by atoms with E-state index in [4.69, 9.17) is 11.6 Å². The zero-order valence-corrected chi connectivity index (χ0v) is 16.1. The second kappa shape index (κ2) is 8.45. The molecule has 0 atom stereocenters. The van der Waals surface area contributed by atoms with Crippen LogP contribution in [0.2, 0.25) is 5.02 Å². The number of anilines is 1. The third-order valence-corrected chi connectivity index (χ3v) is 4.50. The average Bonchev–Trinajstić information content (AvgIpc) is 2.95. The van der Waals surface area contributed by atoms with E-state index in [0.29, 0.717) is 22.4 Å². The van der Waals surface area contributed by atoms with Crippen LogP contribution in [0.1, 0.15) is 32.0 Å². The fourth-order valence-corrected chi connectivity index (χ4v) is 2.79. The molecule has 25 heavy (non-hydrogen) atoms. The SMILES string of the molecule is CC(C)(C)C(=O)Nc1nc(CC(=O)NCCc2ccc(Cl)cc2)cs1. The number of hydrogen-bond acceptors (Lipinski definition) is 4. The summed E-state index contributed by atoms with van der Waals surface area (Å²) >= 11 is 7.17. The number of halogens is 1. The van der Waals surface area contributed by atoms with Gasteiger partial charge in [0.25, 0.3) is 0 Å². The molecular formula is C18H22ClN3O2S. The summed E-state index contributed by atoms with van der Waals surface area (Å²) in [4.78, 5) is 28.2. The lowest BCUT2D eigenvalue weighted by Crippen LogP contribution is -2.28. The van der Waals surface area contributed by atoms with Crippen LogP contribution < -0.4 is 10.6 Å². The van der Waals surface area contributed by atoms with Gasteiger partial charge >= 0.3 is 0 Å². The summed E-state index contributed by atoms with van der Waals surface area (Å²) in [5.74, 6) is -0.186. The van der Waals surface area contributed by atoms with Crippen molar-refractivity contribution in [3.63, 3.8) is 0 Å². The number of benzene rings is 1. The van der Waals surface area contributed by atoms with Crippen LogP contribution in [0.5, 0.6) is 0 Å². The molecule has 0 radical (unpaired) electrons. The van der Waals surface area contributed by atoms with Gasteiger partial charge in [0.2, 0.25) is 11.8 Å². The predicted octanol–water partition coefficient (Wildman–Crippen LogP) is 3.68. The zero-order chi connectivity index (χ0) is 18.4. The molecule has 0 saturated heterocycles. The van der Waals surface area contributed by atoms with E-state index in [0.717, 1.165) is 12.0 Å². The highest BCUT2D eigenvalue weighted by atomic mass is 35.5. The van der Waals surface area contributed by atoms with Crippen LogP contribution in [-0.2, 0) is 22.4 Å². The van der Waals surface area contributed by atoms with Crippen LogP contribution >= 0.6 is 22.9 Å². The largest absolute Gasteiger partial charge is 0.355 e. The number of aromatic nitrogens is 1.